The van der Waals surface area contributed by atoms with Gasteiger partial charge in [0, 0.05) is 18.3 Å². The van der Waals surface area contributed by atoms with Gasteiger partial charge in [0.1, 0.15) is 35.9 Å². The normalized spacial score (nSPS) is 11.8. The van der Waals surface area contributed by atoms with Crippen LogP contribution < -0.4 is 18.9 Å². The predicted octanol–water partition coefficient (Wildman–Crippen LogP) is 6.91. The van der Waals surface area contributed by atoms with Crippen molar-refractivity contribution in [3.8, 4) is 11.5 Å². The second-order valence-electron chi connectivity index (χ2n) is 9.66. The van der Waals surface area contributed by atoms with E-state index in [0.29, 0.717) is 0 Å². The number of hydrogen-bond acceptors (Lipinski definition) is 6. The lowest BCUT2D eigenvalue weighted by Gasteiger charge is -2.38. The Labute approximate surface area is 236 Å². The number of fused-ring (bicyclic) bond motifs is 1. The summed E-state index contributed by atoms with van der Waals surface area (Å²) >= 11 is 1.61. The fourth-order valence-electron chi connectivity index (χ4n) is 4.81. The average molecular weight is 548 g/mol. The Kier molecular flexibility index (Phi) is 9.90. The van der Waals surface area contributed by atoms with E-state index < -0.39 is 0 Å². The van der Waals surface area contributed by atoms with Crippen LogP contribution in [0.5, 0.6) is 11.5 Å². The van der Waals surface area contributed by atoms with Gasteiger partial charge in [0.2, 0.25) is 0 Å². The van der Waals surface area contributed by atoms with Gasteiger partial charge < -0.3 is 18.9 Å². The number of methoxy groups -OCH3 is 1. The van der Waals surface area contributed by atoms with Crippen molar-refractivity contribution in [2.75, 3.05) is 57.9 Å². The number of hydrogen-bond donors (Lipinski definition) is 0. The molecule has 0 atom stereocenters. The molecule has 1 heterocycles. The van der Waals surface area contributed by atoms with Crippen LogP contribution in [-0.2, 0) is 7.05 Å². The third-order valence-corrected chi connectivity index (χ3v) is 8.71. The number of aromatic nitrogens is 1. The van der Waals surface area contributed by atoms with Crippen LogP contribution in [0.4, 0.5) is 16.5 Å². The van der Waals surface area contributed by atoms with Gasteiger partial charge in [-0.25, -0.2) is 4.57 Å². The maximum Gasteiger partial charge on any atom is 0.409 e. The van der Waals surface area contributed by atoms with Gasteiger partial charge in [-0.2, -0.15) is 0 Å². The second kappa shape index (κ2) is 13.5. The molecule has 4 rings (SSSR count). The first-order valence-electron chi connectivity index (χ1n) is 13.8. The van der Waals surface area contributed by atoms with Crippen LogP contribution in [-0.4, -0.2) is 57.5 Å². The molecule has 0 saturated carbocycles. The van der Waals surface area contributed by atoms with Gasteiger partial charge in [-0.05, 0) is 85.8 Å². The first kappa shape index (κ1) is 28.5. The lowest BCUT2D eigenvalue weighted by atomic mass is 10.2. The molecule has 0 fully saturated rings. The summed E-state index contributed by atoms with van der Waals surface area (Å²) in [6, 6.07) is 24.6. The second-order valence-corrected chi connectivity index (χ2v) is 10.7. The first-order valence-corrected chi connectivity index (χ1v) is 14.6. The summed E-state index contributed by atoms with van der Waals surface area (Å²) in [6.45, 7) is 13.7. The highest BCUT2D eigenvalue weighted by Crippen LogP contribution is 2.30. The number of anilines is 1. The number of nitrogens with zero attached hydrogens (tertiary/aromatic N) is 5. The quantitative estimate of drug-likeness (QED) is 0.0979. The summed E-state index contributed by atoms with van der Waals surface area (Å²) in [5, 5.41) is 9.91. The predicted molar refractivity (Wildman–Crippen MR) is 161 cm³/mol. The monoisotopic (exact) mass is 547 g/mol. The van der Waals surface area contributed by atoms with Crippen LogP contribution >= 0.6 is 11.3 Å². The van der Waals surface area contributed by atoms with Crippen LogP contribution in [0.15, 0.2) is 83.0 Å². The molecule has 0 N–H and O–H groups in total. The highest BCUT2D eigenvalue weighted by Gasteiger charge is 2.24. The molecule has 8 heteroatoms. The maximum absolute atomic E-state index is 6.03. The van der Waals surface area contributed by atoms with Crippen molar-refractivity contribution >= 4 is 38.1 Å². The van der Waals surface area contributed by atoms with Crippen LogP contribution in [0.1, 0.15) is 20.8 Å². The lowest BCUT2D eigenvalue weighted by Crippen LogP contribution is -2.53. The van der Waals surface area contributed by atoms with Gasteiger partial charge >= 0.3 is 5.13 Å². The number of ether oxygens (including phenoxy) is 2. The molecule has 3 aromatic carbocycles. The molecular weight excluding hydrogens is 506 g/mol. The number of aryl methyl sites for hydroxylation is 1. The van der Waals surface area contributed by atoms with E-state index in [9.17, 15) is 0 Å². The largest absolute Gasteiger partial charge is 0.497 e. The molecule has 4 aromatic rings. The van der Waals surface area contributed by atoms with E-state index in [4.69, 9.17) is 9.47 Å². The third kappa shape index (κ3) is 7.13. The van der Waals surface area contributed by atoms with Gasteiger partial charge in [0.05, 0.1) is 50.2 Å². The molecule has 39 heavy (non-hydrogen) atoms. The molecule has 7 nitrogen and oxygen atoms in total. The van der Waals surface area contributed by atoms with E-state index in [2.05, 4.69) is 58.7 Å². The molecule has 0 radical (unpaired) electrons. The molecule has 0 aliphatic heterocycles. The fraction of sp³-hybridized carbons (Fsp3) is 0.387. The zero-order valence-corrected chi connectivity index (χ0v) is 24.7. The van der Waals surface area contributed by atoms with E-state index in [1.54, 1.807) is 18.4 Å². The summed E-state index contributed by atoms with van der Waals surface area (Å²) in [5.74, 6) is 1.79. The lowest BCUT2D eigenvalue weighted by molar-refractivity contribution is -0.923. The van der Waals surface area contributed by atoms with Crippen molar-refractivity contribution in [3.05, 3.63) is 72.8 Å². The van der Waals surface area contributed by atoms with Crippen LogP contribution in [0.25, 0.3) is 10.2 Å². The van der Waals surface area contributed by atoms with E-state index in [-0.39, 0.29) is 0 Å². The van der Waals surface area contributed by atoms with E-state index in [0.717, 1.165) is 82.9 Å². The summed E-state index contributed by atoms with van der Waals surface area (Å²) in [4.78, 5) is 2.44. The molecule has 0 spiro atoms. The number of benzene rings is 3. The molecule has 0 aliphatic carbocycles. The molecule has 0 amide bonds. The minimum absolute atomic E-state index is 0.725. The van der Waals surface area contributed by atoms with Gasteiger partial charge in [0.15, 0.2) is 0 Å². The van der Waals surface area contributed by atoms with Crippen molar-refractivity contribution in [1.82, 2.24) is 0 Å². The highest BCUT2D eigenvalue weighted by molar-refractivity contribution is 7.21. The van der Waals surface area contributed by atoms with E-state index in [1.165, 1.54) is 5.69 Å². The summed E-state index contributed by atoms with van der Waals surface area (Å²) < 4.78 is 15.6. The SMILES string of the molecule is CCN(CC[N+](CC)(CC)CCOc1ccccc1)c1ccc(N=Nc2sc3cc(OC)ccc3[n+]2C)cc1. The smallest absolute Gasteiger partial charge is 0.409 e. The summed E-state index contributed by atoms with van der Waals surface area (Å²) in [6.07, 6.45) is 0. The Morgan fingerprint density at radius 1 is 0.872 bits per heavy atom. The molecule has 0 bridgehead atoms. The summed E-state index contributed by atoms with van der Waals surface area (Å²) in [7, 11) is 3.70. The Balaban J connectivity index is 1.37. The Morgan fingerprint density at radius 2 is 1.62 bits per heavy atom. The molecule has 0 unspecified atom stereocenters. The van der Waals surface area contributed by atoms with Gasteiger partial charge in [-0.1, -0.05) is 18.2 Å². The van der Waals surface area contributed by atoms with Gasteiger partial charge in [0.25, 0.3) is 0 Å². The Morgan fingerprint density at radius 3 is 2.28 bits per heavy atom. The third-order valence-electron chi connectivity index (χ3n) is 7.63. The number of quaternary nitrogens is 1. The Hall–Kier alpha value is -3.49. The summed E-state index contributed by atoms with van der Waals surface area (Å²) in [5.41, 5.74) is 3.17. The molecular formula is C31H41N5O2S+2. The van der Waals surface area contributed by atoms with Crippen molar-refractivity contribution in [2.24, 2.45) is 17.3 Å². The minimum Gasteiger partial charge on any atom is -0.497 e. The van der Waals surface area contributed by atoms with Crippen molar-refractivity contribution in [2.45, 2.75) is 20.8 Å². The average Bonchev–Trinajstić information content (AvgIpc) is 3.30. The molecule has 0 aliphatic rings. The number of likely N-dealkylation sites (N-methyl/N-ethyl adjacent to an activating group) is 2. The van der Waals surface area contributed by atoms with Gasteiger partial charge in [-0.15, -0.1) is 0 Å². The van der Waals surface area contributed by atoms with Crippen LogP contribution in [0, 0.1) is 0 Å². The fourth-order valence-corrected chi connectivity index (χ4v) is 5.81. The maximum atomic E-state index is 6.03. The van der Waals surface area contributed by atoms with Crippen LogP contribution in [0.3, 0.4) is 0 Å². The Bertz CT molecular complexity index is 1350. The standard InChI is InChI=1S/C31H41N5O2S/c1-6-35(20-21-36(7-2,8-3)22-23-38-27-12-10-9-11-13-27)26-16-14-25(15-17-26)32-33-31-34(4)29-19-18-28(37-5)24-30(29)39-31/h9-19,24H,6-8,20-23H2,1-5H3/q+2. The van der Waals surface area contributed by atoms with E-state index >= 15 is 0 Å². The highest BCUT2D eigenvalue weighted by atomic mass is 32.1. The van der Waals surface area contributed by atoms with Crippen LogP contribution in [0.2, 0.25) is 0 Å². The van der Waals surface area contributed by atoms with Gasteiger partial charge in [-0.3, -0.25) is 0 Å². The number of rotatable bonds is 14. The van der Waals surface area contributed by atoms with E-state index in [1.807, 2.05) is 61.6 Å². The first-order chi connectivity index (χ1) is 19.0. The molecule has 1 aromatic heterocycles. The number of para-hydroxylation sites is 1. The number of azo groups is 1. The topological polar surface area (TPSA) is 50.3 Å². The van der Waals surface area contributed by atoms with Crippen molar-refractivity contribution in [3.63, 3.8) is 0 Å². The molecule has 0 saturated heterocycles. The minimum atomic E-state index is 0.725. The molecule has 206 valence electrons. The zero-order chi connectivity index (χ0) is 27.7. The number of thiazole rings is 1. The van der Waals surface area contributed by atoms with Crippen molar-refractivity contribution in [1.29, 1.82) is 0 Å². The zero-order valence-electron chi connectivity index (χ0n) is 23.8. The van der Waals surface area contributed by atoms with Crippen molar-refractivity contribution < 1.29 is 18.5 Å².